The first-order valence-electron chi connectivity index (χ1n) is 14.5. The Labute approximate surface area is 217 Å². The molecule has 0 aliphatic heterocycles. The van der Waals surface area contributed by atoms with Gasteiger partial charge in [0.25, 0.3) is 0 Å². The summed E-state index contributed by atoms with van der Waals surface area (Å²) >= 11 is 0. The van der Waals surface area contributed by atoms with Crippen LogP contribution in [0.2, 0.25) is 0 Å². The van der Waals surface area contributed by atoms with Crippen LogP contribution < -0.4 is 0 Å². The molecule has 0 nitrogen and oxygen atoms in total. The number of halogens is 2. The fourth-order valence-corrected chi connectivity index (χ4v) is 6.44. The fourth-order valence-electron chi connectivity index (χ4n) is 6.44. The van der Waals surface area contributed by atoms with E-state index in [0.717, 1.165) is 18.8 Å². The van der Waals surface area contributed by atoms with Crippen LogP contribution in [0.25, 0.3) is 11.7 Å². The maximum Gasteiger partial charge on any atom is 0.166 e. The molecule has 194 valence electrons. The first-order valence-corrected chi connectivity index (χ1v) is 14.5. The van der Waals surface area contributed by atoms with Crippen LogP contribution in [0.3, 0.4) is 0 Å². The Morgan fingerprint density at radius 3 is 1.61 bits per heavy atom. The highest BCUT2D eigenvalue weighted by Crippen LogP contribution is 2.39. The molecule has 0 bridgehead atoms. The van der Waals surface area contributed by atoms with Gasteiger partial charge in [-0.05, 0) is 93.1 Å². The molecule has 2 aliphatic rings. The zero-order valence-corrected chi connectivity index (χ0v) is 22.3. The maximum absolute atomic E-state index is 15.1. The molecule has 2 aliphatic carbocycles. The second kappa shape index (κ2) is 13.4. The van der Waals surface area contributed by atoms with Crippen molar-refractivity contribution in [3.8, 4) is 0 Å². The van der Waals surface area contributed by atoms with Crippen molar-refractivity contribution < 1.29 is 8.78 Å². The van der Waals surface area contributed by atoms with E-state index in [0.29, 0.717) is 28.9 Å². The average Bonchev–Trinajstić information content (AvgIpc) is 2.94. The zero-order chi connectivity index (χ0) is 25.3. The average molecular weight is 491 g/mol. The van der Waals surface area contributed by atoms with Crippen LogP contribution in [0, 0.1) is 11.8 Å². The van der Waals surface area contributed by atoms with Crippen molar-refractivity contribution in [3.63, 3.8) is 0 Å². The Morgan fingerprint density at radius 1 is 0.694 bits per heavy atom. The van der Waals surface area contributed by atoms with Gasteiger partial charge in [0.2, 0.25) is 0 Å². The van der Waals surface area contributed by atoms with E-state index in [1.165, 1.54) is 75.3 Å². The summed E-state index contributed by atoms with van der Waals surface area (Å²) in [5, 5.41) is 0. The molecule has 0 radical (unpaired) electrons. The van der Waals surface area contributed by atoms with E-state index in [4.69, 9.17) is 0 Å². The van der Waals surface area contributed by atoms with Gasteiger partial charge in [-0.15, -0.1) is 0 Å². The molecule has 0 spiro atoms. The number of benzene rings is 2. The predicted molar refractivity (Wildman–Crippen MR) is 150 cm³/mol. The lowest BCUT2D eigenvalue weighted by Crippen LogP contribution is -2.13. The first kappa shape index (κ1) is 26.8. The van der Waals surface area contributed by atoms with E-state index in [-0.39, 0.29) is 0 Å². The molecule has 0 atom stereocenters. The highest BCUT2D eigenvalue weighted by atomic mass is 19.2. The summed E-state index contributed by atoms with van der Waals surface area (Å²) in [5.74, 6) is 1.12. The van der Waals surface area contributed by atoms with Gasteiger partial charge in [-0.2, -0.15) is 0 Å². The van der Waals surface area contributed by atoms with E-state index in [1.54, 1.807) is 24.3 Å². The van der Waals surface area contributed by atoms with E-state index in [9.17, 15) is 0 Å². The lowest BCUT2D eigenvalue weighted by Gasteiger charge is -2.29. The van der Waals surface area contributed by atoms with Crippen molar-refractivity contribution >= 4 is 11.7 Å². The standard InChI is InChI=1S/C34H44F2/c1-3-5-6-8-26-11-15-28(16-12-26)30-19-23-32(24-20-30)34(36)33(35)31-21-17-29(18-22-31)27-13-9-25(7-4-2)10-14-27/h4,7,17-28H,3,5-6,8-16H2,1-2H3/b7-4+,34-33+. The molecule has 4 rings (SSSR count). The molecule has 2 heteroatoms. The largest absolute Gasteiger partial charge is 0.203 e. The van der Waals surface area contributed by atoms with Crippen LogP contribution in [0.4, 0.5) is 8.78 Å². The second-order valence-corrected chi connectivity index (χ2v) is 11.2. The van der Waals surface area contributed by atoms with Gasteiger partial charge in [0, 0.05) is 11.1 Å². The number of unbranched alkanes of at least 4 members (excludes halogenated alkanes) is 2. The van der Waals surface area contributed by atoms with Crippen molar-refractivity contribution in [2.24, 2.45) is 11.8 Å². The highest BCUT2D eigenvalue weighted by Gasteiger charge is 2.23. The van der Waals surface area contributed by atoms with Crippen molar-refractivity contribution in [3.05, 3.63) is 82.9 Å². The van der Waals surface area contributed by atoms with Gasteiger partial charge in [-0.25, -0.2) is 8.78 Å². The minimum Gasteiger partial charge on any atom is -0.203 e. The fraction of sp³-hybridized carbons (Fsp3) is 0.529. The van der Waals surface area contributed by atoms with Gasteiger partial charge in [0.1, 0.15) is 0 Å². The van der Waals surface area contributed by atoms with Crippen LogP contribution in [-0.4, -0.2) is 0 Å². The molecule has 0 saturated heterocycles. The van der Waals surface area contributed by atoms with E-state index in [1.807, 2.05) is 24.3 Å². The van der Waals surface area contributed by atoms with Gasteiger partial charge in [0.05, 0.1) is 0 Å². The third-order valence-electron chi connectivity index (χ3n) is 8.76. The molecule has 0 amide bonds. The highest BCUT2D eigenvalue weighted by molar-refractivity contribution is 5.83. The number of hydrogen-bond donors (Lipinski definition) is 0. The SMILES string of the molecule is C/C=C/C1CCC(c2ccc(/C(F)=C(\F)c3ccc(C4CCC(CCCCC)CC4)cc3)cc2)CC1. The number of hydrogen-bond acceptors (Lipinski definition) is 0. The van der Waals surface area contributed by atoms with Crippen LogP contribution in [-0.2, 0) is 0 Å². The molecule has 2 aromatic rings. The minimum atomic E-state index is -0.765. The summed E-state index contributed by atoms with van der Waals surface area (Å²) in [6, 6.07) is 15.0. The Balaban J connectivity index is 1.34. The van der Waals surface area contributed by atoms with Gasteiger partial charge in [0.15, 0.2) is 11.7 Å². The number of rotatable bonds is 9. The molecule has 0 aromatic heterocycles. The normalized spacial score (nSPS) is 25.7. The molecule has 0 unspecified atom stereocenters. The third kappa shape index (κ3) is 6.96. The molecule has 2 saturated carbocycles. The van der Waals surface area contributed by atoms with Gasteiger partial charge < -0.3 is 0 Å². The van der Waals surface area contributed by atoms with Crippen LogP contribution in [0.5, 0.6) is 0 Å². The Kier molecular flexibility index (Phi) is 9.96. The minimum absolute atomic E-state index is 0.323. The number of allylic oxidation sites excluding steroid dienone is 2. The summed E-state index contributed by atoms with van der Waals surface area (Å²) in [6.45, 7) is 4.35. The lowest BCUT2D eigenvalue weighted by atomic mass is 9.77. The molecule has 36 heavy (non-hydrogen) atoms. The van der Waals surface area contributed by atoms with E-state index < -0.39 is 11.7 Å². The van der Waals surface area contributed by atoms with Crippen molar-refractivity contribution in [2.45, 2.75) is 103 Å². The Hall–Kier alpha value is -2.22. The van der Waals surface area contributed by atoms with E-state index >= 15 is 8.78 Å². The molecule has 2 fully saturated rings. The van der Waals surface area contributed by atoms with Crippen LogP contribution in [0.15, 0.2) is 60.7 Å². The molecular weight excluding hydrogens is 446 g/mol. The smallest absolute Gasteiger partial charge is 0.166 e. The Bertz CT molecular complexity index is 982. The van der Waals surface area contributed by atoms with Crippen molar-refractivity contribution in [1.29, 1.82) is 0 Å². The van der Waals surface area contributed by atoms with Crippen LogP contribution in [0.1, 0.15) is 125 Å². The third-order valence-corrected chi connectivity index (χ3v) is 8.76. The molecular formula is C34H44F2. The van der Waals surface area contributed by atoms with Crippen molar-refractivity contribution in [1.82, 2.24) is 0 Å². The predicted octanol–water partition coefficient (Wildman–Crippen LogP) is 11.2. The van der Waals surface area contributed by atoms with Gasteiger partial charge >= 0.3 is 0 Å². The van der Waals surface area contributed by atoms with Crippen molar-refractivity contribution in [2.75, 3.05) is 0 Å². The summed E-state index contributed by atoms with van der Waals surface area (Å²) in [6.07, 6.45) is 19.6. The lowest BCUT2D eigenvalue weighted by molar-refractivity contribution is 0.303. The van der Waals surface area contributed by atoms with Gasteiger partial charge in [-0.1, -0.05) is 93.3 Å². The maximum atomic E-state index is 15.1. The Morgan fingerprint density at radius 2 is 1.17 bits per heavy atom. The summed E-state index contributed by atoms with van der Waals surface area (Å²) < 4.78 is 30.1. The monoisotopic (exact) mass is 490 g/mol. The van der Waals surface area contributed by atoms with E-state index in [2.05, 4.69) is 26.0 Å². The molecule has 0 N–H and O–H groups in total. The summed E-state index contributed by atoms with van der Waals surface area (Å²) in [5.41, 5.74) is 3.17. The van der Waals surface area contributed by atoms with Crippen LogP contribution >= 0.6 is 0 Å². The molecule has 2 aromatic carbocycles. The summed E-state index contributed by atoms with van der Waals surface area (Å²) in [4.78, 5) is 0. The second-order valence-electron chi connectivity index (χ2n) is 11.2. The first-order chi connectivity index (χ1) is 17.6. The molecule has 0 heterocycles. The quantitative estimate of drug-likeness (QED) is 0.186. The van der Waals surface area contributed by atoms with Gasteiger partial charge in [-0.3, -0.25) is 0 Å². The topological polar surface area (TPSA) is 0 Å². The summed E-state index contributed by atoms with van der Waals surface area (Å²) in [7, 11) is 0. The zero-order valence-electron chi connectivity index (χ0n) is 22.3.